The van der Waals surface area contributed by atoms with Crippen molar-refractivity contribution in [2.45, 2.75) is 51.1 Å². The molecule has 0 aromatic carbocycles. The van der Waals surface area contributed by atoms with E-state index in [9.17, 15) is 19.5 Å². The second kappa shape index (κ2) is 10.6. The van der Waals surface area contributed by atoms with Gasteiger partial charge in [0.2, 0.25) is 5.91 Å². The molecule has 1 aliphatic carbocycles. The van der Waals surface area contributed by atoms with Gasteiger partial charge >= 0.3 is 0 Å². The molecule has 0 aromatic rings. The van der Waals surface area contributed by atoms with Crippen molar-refractivity contribution in [3.63, 3.8) is 0 Å². The molecule has 0 unspecified atom stereocenters. The first kappa shape index (κ1) is 20.8. The molecule has 1 aliphatic rings. The summed E-state index contributed by atoms with van der Waals surface area (Å²) in [5, 5.41) is 16.1. The number of aliphatic carboxylic acids is 1. The highest BCUT2D eigenvalue weighted by Gasteiger charge is 2.27. The monoisotopic (exact) mass is 359 g/mol. The van der Waals surface area contributed by atoms with Crippen LogP contribution in [0.2, 0.25) is 0 Å². The smallest absolute Gasteiger partial charge is 0.278 e. The SMILES string of the molecule is CSCC[C@H]([NH3+])C(=O)NCC1CCC(C(=O)N[C@@H](C)C(=O)[O-])CC1. The third-order valence-corrected chi connectivity index (χ3v) is 5.18. The maximum atomic E-state index is 12.0. The van der Waals surface area contributed by atoms with E-state index in [1.54, 1.807) is 11.8 Å². The zero-order valence-electron chi connectivity index (χ0n) is 14.5. The van der Waals surface area contributed by atoms with E-state index in [0.717, 1.165) is 25.0 Å². The van der Waals surface area contributed by atoms with E-state index in [1.807, 2.05) is 6.26 Å². The Bertz CT molecular complexity index is 439. The van der Waals surface area contributed by atoms with Crippen molar-refractivity contribution in [3.8, 4) is 0 Å². The first-order chi connectivity index (χ1) is 11.3. The predicted molar refractivity (Wildman–Crippen MR) is 90.7 cm³/mol. The number of carbonyl (C=O) groups is 3. The quantitative estimate of drug-likeness (QED) is 0.463. The lowest BCUT2D eigenvalue weighted by atomic mass is 9.81. The minimum atomic E-state index is -1.27. The van der Waals surface area contributed by atoms with Crippen LogP contribution in [-0.4, -0.2) is 48.4 Å². The number of carboxylic acid groups (broad SMARTS) is 1. The molecule has 0 aromatic heterocycles. The van der Waals surface area contributed by atoms with Crippen LogP contribution in [0.15, 0.2) is 0 Å². The molecular weight excluding hydrogens is 330 g/mol. The summed E-state index contributed by atoms with van der Waals surface area (Å²) in [5.41, 5.74) is 3.88. The molecule has 0 saturated heterocycles. The number of nitrogens with one attached hydrogen (secondary N) is 2. The van der Waals surface area contributed by atoms with Crippen LogP contribution in [0.3, 0.4) is 0 Å². The fourth-order valence-corrected chi connectivity index (χ4v) is 3.32. The van der Waals surface area contributed by atoms with Gasteiger partial charge in [-0.15, -0.1) is 0 Å². The van der Waals surface area contributed by atoms with E-state index in [4.69, 9.17) is 0 Å². The van der Waals surface area contributed by atoms with Crippen LogP contribution < -0.4 is 21.5 Å². The van der Waals surface area contributed by atoms with Crippen LogP contribution in [0.4, 0.5) is 0 Å². The molecule has 0 bridgehead atoms. The lowest BCUT2D eigenvalue weighted by Gasteiger charge is -2.29. The Morgan fingerprint density at radius 2 is 1.88 bits per heavy atom. The Kier molecular flexibility index (Phi) is 9.13. The third-order valence-electron chi connectivity index (χ3n) is 4.54. The van der Waals surface area contributed by atoms with Crippen molar-refractivity contribution in [1.82, 2.24) is 10.6 Å². The predicted octanol–water partition coefficient (Wildman–Crippen LogP) is -1.47. The van der Waals surface area contributed by atoms with Gasteiger partial charge in [0, 0.05) is 18.9 Å². The summed E-state index contributed by atoms with van der Waals surface area (Å²) in [6.07, 6.45) is 5.91. The number of hydrogen-bond acceptors (Lipinski definition) is 5. The van der Waals surface area contributed by atoms with Gasteiger partial charge in [0.25, 0.3) is 5.91 Å². The highest BCUT2D eigenvalue weighted by Crippen LogP contribution is 2.28. The number of quaternary nitrogens is 1. The summed E-state index contributed by atoms with van der Waals surface area (Å²) in [7, 11) is 0. The molecule has 0 radical (unpaired) electrons. The molecule has 1 rings (SSSR count). The van der Waals surface area contributed by atoms with Crippen LogP contribution in [0.1, 0.15) is 39.0 Å². The van der Waals surface area contributed by atoms with Crippen LogP contribution in [-0.2, 0) is 14.4 Å². The highest BCUT2D eigenvalue weighted by molar-refractivity contribution is 7.98. The van der Waals surface area contributed by atoms with Gasteiger partial charge in [-0.05, 0) is 50.5 Å². The van der Waals surface area contributed by atoms with E-state index in [2.05, 4.69) is 16.4 Å². The Hall–Kier alpha value is -1.28. The van der Waals surface area contributed by atoms with Crippen molar-refractivity contribution in [2.24, 2.45) is 11.8 Å². The van der Waals surface area contributed by atoms with Crippen molar-refractivity contribution in [3.05, 3.63) is 0 Å². The van der Waals surface area contributed by atoms with Gasteiger partial charge in [-0.1, -0.05) is 0 Å². The highest BCUT2D eigenvalue weighted by atomic mass is 32.2. The molecule has 138 valence electrons. The molecule has 2 atom stereocenters. The van der Waals surface area contributed by atoms with Crippen LogP contribution in [0.25, 0.3) is 0 Å². The van der Waals surface area contributed by atoms with E-state index in [-0.39, 0.29) is 23.8 Å². The Morgan fingerprint density at radius 1 is 1.25 bits per heavy atom. The third kappa shape index (κ3) is 7.09. The zero-order valence-corrected chi connectivity index (χ0v) is 15.3. The lowest BCUT2D eigenvalue weighted by Crippen LogP contribution is -2.67. The Morgan fingerprint density at radius 3 is 2.42 bits per heavy atom. The minimum Gasteiger partial charge on any atom is -0.548 e. The van der Waals surface area contributed by atoms with Gasteiger partial charge in [-0.3, -0.25) is 9.59 Å². The second-order valence-electron chi connectivity index (χ2n) is 6.49. The molecular formula is C16H29N3O4S. The van der Waals surface area contributed by atoms with Crippen molar-refractivity contribution < 1.29 is 25.2 Å². The first-order valence-corrected chi connectivity index (χ1v) is 9.85. The van der Waals surface area contributed by atoms with Crippen LogP contribution in [0, 0.1) is 11.8 Å². The molecule has 1 fully saturated rings. The molecule has 2 amide bonds. The summed E-state index contributed by atoms with van der Waals surface area (Å²) in [5.74, 6) is -0.364. The zero-order chi connectivity index (χ0) is 18.1. The van der Waals surface area contributed by atoms with Gasteiger partial charge in [-0.2, -0.15) is 11.8 Å². The largest absolute Gasteiger partial charge is 0.548 e. The van der Waals surface area contributed by atoms with Crippen molar-refractivity contribution >= 4 is 29.5 Å². The van der Waals surface area contributed by atoms with Crippen LogP contribution in [0.5, 0.6) is 0 Å². The summed E-state index contributed by atoms with van der Waals surface area (Å²) in [4.78, 5) is 34.6. The molecule has 1 saturated carbocycles. The number of amides is 2. The number of carbonyl (C=O) groups excluding carboxylic acids is 3. The molecule has 0 heterocycles. The van der Waals surface area contributed by atoms with Gasteiger partial charge in [0.15, 0.2) is 6.04 Å². The van der Waals surface area contributed by atoms with Crippen molar-refractivity contribution in [1.29, 1.82) is 0 Å². The molecule has 24 heavy (non-hydrogen) atoms. The van der Waals surface area contributed by atoms with E-state index in [1.165, 1.54) is 6.92 Å². The van der Waals surface area contributed by atoms with E-state index in [0.29, 0.717) is 25.3 Å². The molecule has 7 nitrogen and oxygen atoms in total. The average molecular weight is 359 g/mol. The van der Waals surface area contributed by atoms with E-state index >= 15 is 0 Å². The summed E-state index contributed by atoms with van der Waals surface area (Å²) in [6.45, 7) is 2.02. The molecule has 8 heteroatoms. The molecule has 5 N–H and O–H groups in total. The van der Waals surface area contributed by atoms with E-state index < -0.39 is 12.0 Å². The number of thioether (sulfide) groups is 1. The fourth-order valence-electron chi connectivity index (χ4n) is 2.80. The normalized spacial score (nSPS) is 23.1. The number of hydrogen-bond donors (Lipinski definition) is 3. The second-order valence-corrected chi connectivity index (χ2v) is 7.48. The molecule has 0 aliphatic heterocycles. The Labute approximate surface area is 147 Å². The number of rotatable bonds is 9. The van der Waals surface area contributed by atoms with Gasteiger partial charge < -0.3 is 26.3 Å². The van der Waals surface area contributed by atoms with Crippen LogP contribution >= 0.6 is 11.8 Å². The lowest BCUT2D eigenvalue weighted by molar-refractivity contribution is -0.403. The Balaban J connectivity index is 2.27. The van der Waals surface area contributed by atoms with Gasteiger partial charge in [0.05, 0.1) is 12.0 Å². The topological polar surface area (TPSA) is 126 Å². The maximum Gasteiger partial charge on any atom is 0.278 e. The average Bonchev–Trinajstić information content (AvgIpc) is 2.57. The fraction of sp³-hybridized carbons (Fsp3) is 0.812. The molecule has 0 spiro atoms. The van der Waals surface area contributed by atoms with Gasteiger partial charge in [0.1, 0.15) is 0 Å². The number of carboxylic acids is 1. The summed E-state index contributed by atoms with van der Waals surface area (Å²) >= 11 is 1.70. The minimum absolute atomic E-state index is 0.00769. The van der Waals surface area contributed by atoms with Crippen molar-refractivity contribution in [2.75, 3.05) is 18.6 Å². The summed E-state index contributed by atoms with van der Waals surface area (Å²) in [6, 6.07) is -1.18. The standard InChI is InChI=1S/C16H29N3O4S/c1-10(16(22)23)19-14(20)12-5-3-11(4-6-12)9-18-15(21)13(17)7-8-24-2/h10-13H,3-9,17H2,1-2H3,(H,18,21)(H,19,20)(H,22,23)/t10-,11?,12?,13-/m0/s1. The maximum absolute atomic E-state index is 12.0. The summed E-state index contributed by atoms with van der Waals surface area (Å²) < 4.78 is 0. The first-order valence-electron chi connectivity index (χ1n) is 8.46. The van der Waals surface area contributed by atoms with Gasteiger partial charge in [-0.25, -0.2) is 0 Å².